The first-order chi connectivity index (χ1) is 9.30. The van der Waals surface area contributed by atoms with Gasteiger partial charge in [-0.25, -0.2) is 0 Å². The summed E-state index contributed by atoms with van der Waals surface area (Å²) in [5, 5.41) is 5.86. The predicted molar refractivity (Wildman–Crippen MR) is 82.9 cm³/mol. The third-order valence-corrected chi connectivity index (χ3v) is 5.39. The lowest BCUT2D eigenvalue weighted by atomic mass is 9.77. The van der Waals surface area contributed by atoms with Crippen molar-refractivity contribution in [2.45, 2.75) is 63.5 Å². The predicted octanol–water partition coefficient (Wildman–Crippen LogP) is 4.01. The van der Waals surface area contributed by atoms with Gasteiger partial charge in [-0.05, 0) is 43.7 Å². The van der Waals surface area contributed by atoms with E-state index in [4.69, 9.17) is 4.74 Å². The summed E-state index contributed by atoms with van der Waals surface area (Å²) in [4.78, 5) is 1.49. The molecule has 1 aliphatic rings. The van der Waals surface area contributed by atoms with Gasteiger partial charge in [0, 0.05) is 18.0 Å². The lowest BCUT2D eigenvalue weighted by Gasteiger charge is -2.43. The van der Waals surface area contributed by atoms with Crippen LogP contribution in [0.2, 0.25) is 0 Å². The van der Waals surface area contributed by atoms with Crippen LogP contribution in [-0.4, -0.2) is 25.3 Å². The topological polar surface area (TPSA) is 21.3 Å². The van der Waals surface area contributed by atoms with Gasteiger partial charge in [0.25, 0.3) is 0 Å². The molecule has 1 aromatic rings. The van der Waals surface area contributed by atoms with Crippen molar-refractivity contribution in [2.24, 2.45) is 0 Å². The molecule has 0 aromatic carbocycles. The first-order valence-electron chi connectivity index (χ1n) is 7.61. The van der Waals surface area contributed by atoms with Crippen LogP contribution in [0.3, 0.4) is 0 Å². The van der Waals surface area contributed by atoms with Gasteiger partial charge in [-0.1, -0.05) is 32.3 Å². The van der Waals surface area contributed by atoms with E-state index in [0.29, 0.717) is 6.04 Å². The lowest BCUT2D eigenvalue weighted by Crippen LogP contribution is -2.53. The summed E-state index contributed by atoms with van der Waals surface area (Å²) in [6.07, 6.45) is 8.78. The van der Waals surface area contributed by atoms with Crippen LogP contribution in [0.5, 0.6) is 0 Å². The van der Waals surface area contributed by atoms with Crippen molar-refractivity contribution in [2.75, 3.05) is 13.7 Å². The van der Waals surface area contributed by atoms with E-state index in [-0.39, 0.29) is 5.60 Å². The fraction of sp³-hybridized carbons (Fsp3) is 0.750. The minimum atomic E-state index is 0.0749. The van der Waals surface area contributed by atoms with Crippen LogP contribution in [0, 0.1) is 0 Å². The van der Waals surface area contributed by atoms with Crippen molar-refractivity contribution >= 4 is 11.3 Å². The van der Waals surface area contributed by atoms with Crippen molar-refractivity contribution in [1.82, 2.24) is 5.32 Å². The molecule has 3 heteroatoms. The summed E-state index contributed by atoms with van der Waals surface area (Å²) in [6, 6.07) is 4.88. The maximum absolute atomic E-state index is 6.00. The lowest BCUT2D eigenvalue weighted by molar-refractivity contribution is -0.0688. The number of thiophene rings is 1. The van der Waals surface area contributed by atoms with Crippen LogP contribution in [0.15, 0.2) is 17.5 Å². The third kappa shape index (κ3) is 3.80. The Morgan fingerprint density at radius 3 is 2.74 bits per heavy atom. The van der Waals surface area contributed by atoms with Gasteiger partial charge in [-0.15, -0.1) is 11.3 Å². The Bertz CT molecular complexity index is 344. The molecule has 1 aromatic heterocycles. The number of hydrogen-bond donors (Lipinski definition) is 1. The Kier molecular flexibility index (Phi) is 5.86. The fourth-order valence-electron chi connectivity index (χ4n) is 3.38. The molecule has 1 N–H and O–H groups in total. The molecule has 1 atom stereocenters. The van der Waals surface area contributed by atoms with Crippen LogP contribution in [0.25, 0.3) is 0 Å². The second kappa shape index (κ2) is 7.41. The van der Waals surface area contributed by atoms with Crippen molar-refractivity contribution in [3.05, 3.63) is 22.4 Å². The molecule has 0 amide bonds. The maximum Gasteiger partial charge on any atom is 0.0831 e. The molecule has 0 bridgehead atoms. The molecule has 0 radical (unpaired) electrons. The number of aryl methyl sites for hydroxylation is 1. The Labute approximate surface area is 121 Å². The zero-order valence-electron chi connectivity index (χ0n) is 12.3. The molecule has 1 unspecified atom stereocenters. The van der Waals surface area contributed by atoms with Gasteiger partial charge in [-0.3, -0.25) is 0 Å². The quantitative estimate of drug-likeness (QED) is 0.815. The molecule has 1 aliphatic carbocycles. The highest BCUT2D eigenvalue weighted by Crippen LogP contribution is 2.35. The van der Waals surface area contributed by atoms with E-state index in [0.717, 1.165) is 6.54 Å². The van der Waals surface area contributed by atoms with Crippen LogP contribution < -0.4 is 5.32 Å². The summed E-state index contributed by atoms with van der Waals surface area (Å²) in [5.41, 5.74) is 0.0749. The van der Waals surface area contributed by atoms with Gasteiger partial charge in [0.05, 0.1) is 5.60 Å². The SMILES string of the molecule is CCNC(CCc1cccs1)C1(OC)CCCCC1. The van der Waals surface area contributed by atoms with E-state index in [1.54, 1.807) is 0 Å². The largest absolute Gasteiger partial charge is 0.377 e. The molecule has 1 heterocycles. The number of likely N-dealkylation sites (N-methyl/N-ethyl adjacent to an activating group) is 1. The molecule has 0 saturated heterocycles. The van der Waals surface area contributed by atoms with Crippen LogP contribution in [0.1, 0.15) is 50.3 Å². The highest BCUT2D eigenvalue weighted by Gasteiger charge is 2.39. The second-order valence-corrected chi connectivity index (χ2v) is 6.59. The molecule has 1 saturated carbocycles. The van der Waals surface area contributed by atoms with E-state index >= 15 is 0 Å². The summed E-state index contributed by atoms with van der Waals surface area (Å²) >= 11 is 1.87. The normalized spacial score (nSPS) is 20.3. The summed E-state index contributed by atoms with van der Waals surface area (Å²) in [5.74, 6) is 0. The van der Waals surface area contributed by atoms with Crippen LogP contribution in [-0.2, 0) is 11.2 Å². The van der Waals surface area contributed by atoms with Gasteiger partial charge in [-0.2, -0.15) is 0 Å². The molecule has 0 aliphatic heterocycles. The standard InChI is InChI=1S/C16H27NOS/c1-3-17-15(10-9-14-8-7-13-19-14)16(18-2)11-5-4-6-12-16/h7-8,13,15,17H,3-6,9-12H2,1-2H3. The zero-order chi connectivity index (χ0) is 13.6. The van der Waals surface area contributed by atoms with Gasteiger partial charge < -0.3 is 10.1 Å². The highest BCUT2D eigenvalue weighted by molar-refractivity contribution is 7.09. The minimum Gasteiger partial charge on any atom is -0.377 e. The molecule has 2 nitrogen and oxygen atoms in total. The molecule has 1 fully saturated rings. The summed E-state index contributed by atoms with van der Waals surface area (Å²) in [6.45, 7) is 3.23. The van der Waals surface area contributed by atoms with Gasteiger partial charge in [0.15, 0.2) is 0 Å². The summed E-state index contributed by atoms with van der Waals surface area (Å²) in [7, 11) is 1.90. The van der Waals surface area contributed by atoms with E-state index in [1.807, 2.05) is 18.4 Å². The number of ether oxygens (including phenoxy) is 1. The van der Waals surface area contributed by atoms with Crippen molar-refractivity contribution in [3.63, 3.8) is 0 Å². The maximum atomic E-state index is 6.00. The smallest absolute Gasteiger partial charge is 0.0831 e. The Morgan fingerprint density at radius 1 is 1.37 bits per heavy atom. The number of methoxy groups -OCH3 is 1. The molecular formula is C16H27NOS. The Balaban J connectivity index is 2.00. The highest BCUT2D eigenvalue weighted by atomic mass is 32.1. The first kappa shape index (κ1) is 15.0. The van der Waals surface area contributed by atoms with E-state index in [9.17, 15) is 0 Å². The van der Waals surface area contributed by atoms with E-state index in [2.05, 4.69) is 29.8 Å². The number of hydrogen-bond acceptors (Lipinski definition) is 3. The monoisotopic (exact) mass is 281 g/mol. The van der Waals surface area contributed by atoms with Crippen molar-refractivity contribution < 1.29 is 4.74 Å². The second-order valence-electron chi connectivity index (χ2n) is 5.56. The van der Waals surface area contributed by atoms with E-state index < -0.39 is 0 Å². The Hall–Kier alpha value is -0.380. The molecule has 2 rings (SSSR count). The van der Waals surface area contributed by atoms with Crippen LogP contribution in [0.4, 0.5) is 0 Å². The Morgan fingerprint density at radius 2 is 2.16 bits per heavy atom. The van der Waals surface area contributed by atoms with Gasteiger partial charge in [0.2, 0.25) is 0 Å². The third-order valence-electron chi connectivity index (χ3n) is 4.45. The van der Waals surface area contributed by atoms with E-state index in [1.165, 1.54) is 49.8 Å². The molecule has 19 heavy (non-hydrogen) atoms. The average molecular weight is 281 g/mol. The molecular weight excluding hydrogens is 254 g/mol. The average Bonchev–Trinajstić information content (AvgIpc) is 2.97. The number of rotatable bonds is 7. The first-order valence-corrected chi connectivity index (χ1v) is 8.49. The minimum absolute atomic E-state index is 0.0749. The molecule has 0 spiro atoms. The van der Waals surface area contributed by atoms with Crippen LogP contribution >= 0.6 is 11.3 Å². The van der Waals surface area contributed by atoms with Gasteiger partial charge >= 0.3 is 0 Å². The van der Waals surface area contributed by atoms with Gasteiger partial charge in [0.1, 0.15) is 0 Å². The summed E-state index contributed by atoms with van der Waals surface area (Å²) < 4.78 is 6.00. The molecule has 108 valence electrons. The van der Waals surface area contributed by atoms with Crippen molar-refractivity contribution in [1.29, 1.82) is 0 Å². The van der Waals surface area contributed by atoms with Crippen molar-refractivity contribution in [3.8, 4) is 0 Å². The fourth-order valence-corrected chi connectivity index (χ4v) is 4.11. The zero-order valence-corrected chi connectivity index (χ0v) is 13.1. The number of nitrogens with one attached hydrogen (secondary N) is 1.